The van der Waals surface area contributed by atoms with E-state index in [0.717, 1.165) is 5.56 Å². The van der Waals surface area contributed by atoms with Crippen molar-refractivity contribution in [3.63, 3.8) is 0 Å². The number of nitrogens with two attached hydrogens (primary N) is 1. The maximum Gasteiger partial charge on any atom is 0.337 e. The fraction of sp³-hybridized carbons (Fsp3) is 0.350. The van der Waals surface area contributed by atoms with Gasteiger partial charge in [-0.25, -0.2) is 8.42 Å². The molecule has 0 saturated heterocycles. The summed E-state index contributed by atoms with van der Waals surface area (Å²) in [4.78, 5) is 12.2. The van der Waals surface area contributed by atoms with Crippen LogP contribution in [0.15, 0.2) is 48.5 Å². The van der Waals surface area contributed by atoms with E-state index in [2.05, 4.69) is 19.2 Å². The Morgan fingerprint density at radius 1 is 1.00 bits per heavy atom. The standard InChI is InChI=1S/C20H24F2N2O3S.ClH/c1-13(2)15-7-9-16(10-8-15)18(23)11-24-19(25)17-5-3-14(4-6-17)12-28(26,27)20(21)22;/h3-10,13,18,20H,11-12,23H2,1-2H3,(H,24,25);1H. The summed E-state index contributed by atoms with van der Waals surface area (Å²) in [7, 11) is -4.50. The fourth-order valence-corrected chi connectivity index (χ4v) is 3.38. The number of hydrogen-bond acceptors (Lipinski definition) is 4. The molecule has 0 fully saturated rings. The van der Waals surface area contributed by atoms with E-state index >= 15 is 0 Å². The highest BCUT2D eigenvalue weighted by molar-refractivity contribution is 7.90. The van der Waals surface area contributed by atoms with Crippen LogP contribution in [0.2, 0.25) is 0 Å². The Kier molecular flexibility index (Phi) is 9.19. The van der Waals surface area contributed by atoms with E-state index in [1.165, 1.54) is 29.8 Å². The van der Waals surface area contributed by atoms with Gasteiger partial charge in [0.25, 0.3) is 5.91 Å². The van der Waals surface area contributed by atoms with E-state index in [0.29, 0.717) is 11.5 Å². The summed E-state index contributed by atoms with van der Waals surface area (Å²) in [5, 5.41) is 2.72. The Morgan fingerprint density at radius 3 is 2.00 bits per heavy atom. The molecule has 9 heteroatoms. The Morgan fingerprint density at radius 2 is 1.52 bits per heavy atom. The topological polar surface area (TPSA) is 89.3 Å². The molecule has 0 saturated carbocycles. The number of halogens is 3. The highest BCUT2D eigenvalue weighted by Crippen LogP contribution is 2.18. The zero-order valence-corrected chi connectivity index (χ0v) is 17.8. The molecule has 29 heavy (non-hydrogen) atoms. The molecule has 0 heterocycles. The first-order valence-electron chi connectivity index (χ1n) is 8.82. The van der Waals surface area contributed by atoms with Crippen molar-refractivity contribution in [2.75, 3.05) is 6.54 Å². The predicted molar refractivity (Wildman–Crippen MR) is 112 cm³/mol. The molecular formula is C20H25ClF2N2O3S. The van der Waals surface area contributed by atoms with Gasteiger partial charge < -0.3 is 11.1 Å². The molecule has 0 spiro atoms. The SMILES string of the molecule is CC(C)c1ccc(C(N)CNC(=O)c2ccc(CS(=O)(=O)C(F)F)cc2)cc1.Cl. The van der Waals surface area contributed by atoms with Gasteiger partial charge in [-0.2, -0.15) is 8.78 Å². The van der Waals surface area contributed by atoms with Crippen molar-refractivity contribution in [3.05, 3.63) is 70.8 Å². The summed E-state index contributed by atoms with van der Waals surface area (Å²) in [6.45, 7) is 4.42. The van der Waals surface area contributed by atoms with Gasteiger partial charge in [0.2, 0.25) is 9.84 Å². The molecule has 3 N–H and O–H groups in total. The monoisotopic (exact) mass is 446 g/mol. The molecule has 0 aliphatic carbocycles. The Balaban J connectivity index is 0.00000420. The number of nitrogens with one attached hydrogen (secondary N) is 1. The Hall–Kier alpha value is -2.03. The average Bonchev–Trinajstić information content (AvgIpc) is 2.66. The number of alkyl halides is 2. The Labute approximate surface area is 176 Å². The molecular weight excluding hydrogens is 422 g/mol. The fourth-order valence-electron chi connectivity index (χ4n) is 2.60. The zero-order chi connectivity index (χ0) is 20.9. The molecule has 0 radical (unpaired) electrons. The molecule has 2 rings (SSSR count). The third-order valence-corrected chi connectivity index (χ3v) is 5.65. The number of benzene rings is 2. The number of sulfone groups is 1. The van der Waals surface area contributed by atoms with Crippen LogP contribution in [0.5, 0.6) is 0 Å². The molecule has 1 amide bonds. The summed E-state index contributed by atoms with van der Waals surface area (Å²) in [6.07, 6.45) is 0. The van der Waals surface area contributed by atoms with Crippen LogP contribution in [0.3, 0.4) is 0 Å². The van der Waals surface area contributed by atoms with Crippen LogP contribution in [0, 0.1) is 0 Å². The van der Waals surface area contributed by atoms with Gasteiger partial charge in [-0.15, -0.1) is 12.4 Å². The molecule has 2 aromatic carbocycles. The van der Waals surface area contributed by atoms with Gasteiger partial charge in [0, 0.05) is 18.2 Å². The number of hydrogen-bond donors (Lipinski definition) is 2. The van der Waals surface area contributed by atoms with Crippen molar-refractivity contribution in [2.45, 2.75) is 37.3 Å². The van der Waals surface area contributed by atoms with E-state index in [9.17, 15) is 22.0 Å². The molecule has 1 atom stereocenters. The summed E-state index contributed by atoms with van der Waals surface area (Å²) in [5.74, 6) is -4.16. The summed E-state index contributed by atoms with van der Waals surface area (Å²) in [5.41, 5.74) is 8.71. The molecule has 1 unspecified atom stereocenters. The first kappa shape index (κ1) is 25.0. The van der Waals surface area contributed by atoms with Crippen LogP contribution >= 0.6 is 12.4 Å². The van der Waals surface area contributed by atoms with Crippen LogP contribution in [-0.4, -0.2) is 26.6 Å². The van der Waals surface area contributed by atoms with Crippen LogP contribution in [0.1, 0.15) is 52.9 Å². The normalized spacial score (nSPS) is 12.5. The maximum atomic E-state index is 12.4. The molecule has 0 aromatic heterocycles. The number of rotatable bonds is 8. The lowest BCUT2D eigenvalue weighted by Gasteiger charge is -2.15. The minimum atomic E-state index is -4.50. The zero-order valence-electron chi connectivity index (χ0n) is 16.1. The van der Waals surface area contributed by atoms with E-state index in [4.69, 9.17) is 5.73 Å². The third-order valence-electron chi connectivity index (χ3n) is 4.37. The lowest BCUT2D eigenvalue weighted by atomic mass is 9.99. The van der Waals surface area contributed by atoms with Crippen molar-refractivity contribution >= 4 is 28.2 Å². The van der Waals surface area contributed by atoms with Gasteiger partial charge in [0.05, 0.1) is 5.75 Å². The van der Waals surface area contributed by atoms with Gasteiger partial charge in [0.15, 0.2) is 0 Å². The van der Waals surface area contributed by atoms with Crippen molar-refractivity contribution < 1.29 is 22.0 Å². The summed E-state index contributed by atoms with van der Waals surface area (Å²) < 4.78 is 47.3. The van der Waals surface area contributed by atoms with E-state index in [1.54, 1.807) is 0 Å². The van der Waals surface area contributed by atoms with Crippen molar-refractivity contribution in [3.8, 4) is 0 Å². The minimum Gasteiger partial charge on any atom is -0.350 e. The van der Waals surface area contributed by atoms with E-state index < -0.39 is 21.3 Å². The highest BCUT2D eigenvalue weighted by atomic mass is 35.5. The molecule has 160 valence electrons. The lowest BCUT2D eigenvalue weighted by Crippen LogP contribution is -2.31. The second-order valence-electron chi connectivity index (χ2n) is 6.90. The molecule has 0 aliphatic heterocycles. The van der Waals surface area contributed by atoms with E-state index in [-0.39, 0.29) is 36.5 Å². The predicted octanol–water partition coefficient (Wildman–Crippen LogP) is 3.80. The largest absolute Gasteiger partial charge is 0.350 e. The van der Waals surface area contributed by atoms with Crippen LogP contribution < -0.4 is 11.1 Å². The van der Waals surface area contributed by atoms with Gasteiger partial charge in [0.1, 0.15) is 0 Å². The molecule has 0 bridgehead atoms. The van der Waals surface area contributed by atoms with Gasteiger partial charge in [-0.05, 0) is 34.7 Å². The number of carbonyl (C=O) groups excluding carboxylic acids is 1. The molecule has 5 nitrogen and oxygen atoms in total. The first-order chi connectivity index (χ1) is 13.1. The number of carbonyl (C=O) groups is 1. The van der Waals surface area contributed by atoms with Crippen LogP contribution in [0.25, 0.3) is 0 Å². The van der Waals surface area contributed by atoms with Gasteiger partial charge in [-0.3, -0.25) is 4.79 Å². The second-order valence-corrected chi connectivity index (χ2v) is 8.87. The Bertz CT molecular complexity index is 902. The molecule has 0 aliphatic rings. The van der Waals surface area contributed by atoms with Crippen molar-refractivity contribution in [1.82, 2.24) is 5.32 Å². The highest BCUT2D eigenvalue weighted by Gasteiger charge is 2.24. The van der Waals surface area contributed by atoms with Crippen LogP contribution in [0.4, 0.5) is 8.78 Å². The summed E-state index contributed by atoms with van der Waals surface area (Å²) in [6, 6.07) is 13.0. The smallest absolute Gasteiger partial charge is 0.337 e. The van der Waals surface area contributed by atoms with Crippen molar-refractivity contribution in [1.29, 1.82) is 0 Å². The molecule has 2 aromatic rings. The summed E-state index contributed by atoms with van der Waals surface area (Å²) >= 11 is 0. The van der Waals surface area contributed by atoms with Gasteiger partial charge in [-0.1, -0.05) is 50.2 Å². The van der Waals surface area contributed by atoms with Crippen LogP contribution in [-0.2, 0) is 15.6 Å². The number of amides is 1. The first-order valence-corrected chi connectivity index (χ1v) is 10.5. The average molecular weight is 447 g/mol. The third kappa shape index (κ3) is 7.06. The minimum absolute atomic E-state index is 0. The van der Waals surface area contributed by atoms with Crippen molar-refractivity contribution in [2.24, 2.45) is 5.73 Å². The maximum absolute atomic E-state index is 12.4. The van der Waals surface area contributed by atoms with E-state index in [1.807, 2.05) is 24.3 Å². The second kappa shape index (κ2) is 10.7. The quantitative estimate of drug-likeness (QED) is 0.645. The lowest BCUT2D eigenvalue weighted by molar-refractivity contribution is 0.0951. The van der Waals surface area contributed by atoms with Gasteiger partial charge >= 0.3 is 5.76 Å².